The summed E-state index contributed by atoms with van der Waals surface area (Å²) in [5.74, 6) is -1.00. The van der Waals surface area contributed by atoms with Gasteiger partial charge in [-0.2, -0.15) is 0 Å². The Morgan fingerprint density at radius 3 is 2.40 bits per heavy atom. The second-order valence-corrected chi connectivity index (χ2v) is 8.11. The van der Waals surface area contributed by atoms with Crippen LogP contribution in [0.3, 0.4) is 0 Å². The van der Waals surface area contributed by atoms with Crippen molar-refractivity contribution < 1.29 is 23.1 Å². The lowest BCUT2D eigenvalue weighted by Gasteiger charge is -2.27. The fraction of sp³-hybridized carbons (Fsp3) is 0.833. The van der Waals surface area contributed by atoms with E-state index >= 15 is 0 Å². The SMILES string of the molecule is CCC(C)(CNC(=O)NC1(C)CCS(=O)(=O)C1)C(=O)O. The summed E-state index contributed by atoms with van der Waals surface area (Å²) < 4.78 is 22.9. The van der Waals surface area contributed by atoms with E-state index in [2.05, 4.69) is 10.6 Å². The Labute approximate surface area is 119 Å². The Balaban J connectivity index is 2.55. The van der Waals surface area contributed by atoms with Crippen molar-refractivity contribution in [2.45, 2.75) is 39.2 Å². The van der Waals surface area contributed by atoms with E-state index in [0.717, 1.165) is 0 Å². The highest BCUT2D eigenvalue weighted by Crippen LogP contribution is 2.23. The molecule has 0 aliphatic carbocycles. The molecule has 1 heterocycles. The van der Waals surface area contributed by atoms with Crippen molar-refractivity contribution in [2.75, 3.05) is 18.1 Å². The molecule has 7 nitrogen and oxygen atoms in total. The quantitative estimate of drug-likeness (QED) is 0.679. The molecule has 0 saturated carbocycles. The number of hydrogen-bond acceptors (Lipinski definition) is 4. The topological polar surface area (TPSA) is 113 Å². The molecule has 1 rings (SSSR count). The van der Waals surface area contributed by atoms with Crippen LogP contribution in [-0.2, 0) is 14.6 Å². The van der Waals surface area contributed by atoms with E-state index in [-0.39, 0.29) is 18.1 Å². The zero-order valence-electron chi connectivity index (χ0n) is 12.0. The van der Waals surface area contributed by atoms with Crippen LogP contribution in [0.1, 0.15) is 33.6 Å². The Hall–Kier alpha value is -1.31. The van der Waals surface area contributed by atoms with Gasteiger partial charge in [-0.05, 0) is 26.7 Å². The summed E-state index contributed by atoms with van der Waals surface area (Å²) in [4.78, 5) is 22.9. The normalized spacial score (nSPS) is 27.6. The number of aliphatic carboxylic acids is 1. The molecule has 0 spiro atoms. The van der Waals surface area contributed by atoms with E-state index in [1.807, 2.05) is 0 Å². The van der Waals surface area contributed by atoms with Gasteiger partial charge in [-0.1, -0.05) is 6.92 Å². The van der Waals surface area contributed by atoms with E-state index < -0.39 is 32.8 Å². The number of hydrogen-bond donors (Lipinski definition) is 3. The summed E-state index contributed by atoms with van der Waals surface area (Å²) in [5, 5.41) is 14.2. The molecule has 0 aromatic rings. The van der Waals surface area contributed by atoms with Crippen molar-refractivity contribution in [3.8, 4) is 0 Å². The molecule has 0 bridgehead atoms. The minimum absolute atomic E-state index is 0.00645. The number of nitrogens with one attached hydrogen (secondary N) is 2. The molecule has 0 aromatic heterocycles. The van der Waals surface area contributed by atoms with Gasteiger partial charge < -0.3 is 15.7 Å². The fourth-order valence-corrected chi connectivity index (χ4v) is 4.15. The van der Waals surface area contributed by atoms with Crippen molar-refractivity contribution in [2.24, 2.45) is 5.41 Å². The van der Waals surface area contributed by atoms with Gasteiger partial charge >= 0.3 is 12.0 Å². The van der Waals surface area contributed by atoms with Crippen molar-refractivity contribution in [3.05, 3.63) is 0 Å². The zero-order chi connectivity index (χ0) is 15.6. The maximum absolute atomic E-state index is 11.8. The highest BCUT2D eigenvalue weighted by molar-refractivity contribution is 7.91. The fourth-order valence-electron chi connectivity index (χ4n) is 2.05. The van der Waals surface area contributed by atoms with Crippen LogP contribution in [0.25, 0.3) is 0 Å². The van der Waals surface area contributed by atoms with E-state index in [1.54, 1.807) is 20.8 Å². The van der Waals surface area contributed by atoms with E-state index in [4.69, 9.17) is 5.11 Å². The summed E-state index contributed by atoms with van der Waals surface area (Å²) in [5.41, 5.74) is -1.81. The molecule has 1 aliphatic rings. The molecule has 0 aromatic carbocycles. The van der Waals surface area contributed by atoms with Crippen molar-refractivity contribution >= 4 is 21.8 Å². The molecule has 2 unspecified atom stereocenters. The Morgan fingerprint density at radius 1 is 1.40 bits per heavy atom. The summed E-state index contributed by atoms with van der Waals surface area (Å²) >= 11 is 0. The van der Waals surface area contributed by atoms with Gasteiger partial charge in [0.2, 0.25) is 0 Å². The number of amides is 2. The first-order valence-corrected chi connectivity index (χ1v) is 8.34. The highest BCUT2D eigenvalue weighted by Gasteiger charge is 2.40. The summed E-state index contributed by atoms with van der Waals surface area (Å²) in [6.07, 6.45) is 0.751. The molecule has 3 N–H and O–H groups in total. The second-order valence-electron chi connectivity index (χ2n) is 5.93. The predicted molar refractivity (Wildman–Crippen MR) is 74.2 cm³/mol. The van der Waals surface area contributed by atoms with Gasteiger partial charge in [0, 0.05) is 6.54 Å². The van der Waals surface area contributed by atoms with Crippen LogP contribution >= 0.6 is 0 Å². The van der Waals surface area contributed by atoms with Gasteiger partial charge in [-0.3, -0.25) is 4.79 Å². The molecule has 1 aliphatic heterocycles. The van der Waals surface area contributed by atoms with Crippen LogP contribution < -0.4 is 10.6 Å². The largest absolute Gasteiger partial charge is 0.481 e. The average Bonchev–Trinajstić information content (AvgIpc) is 2.60. The Bertz CT molecular complexity index is 504. The minimum Gasteiger partial charge on any atom is -0.481 e. The summed E-state index contributed by atoms with van der Waals surface area (Å²) in [7, 11) is -3.10. The third-order valence-electron chi connectivity index (χ3n) is 3.85. The van der Waals surface area contributed by atoms with Gasteiger partial charge in [0.05, 0.1) is 22.5 Å². The van der Waals surface area contributed by atoms with Crippen LogP contribution in [-0.4, -0.2) is 49.1 Å². The number of sulfone groups is 1. The first-order chi connectivity index (χ1) is 9.02. The molecular formula is C12H22N2O5S. The van der Waals surface area contributed by atoms with Gasteiger partial charge in [0.1, 0.15) is 0 Å². The third kappa shape index (κ3) is 4.09. The maximum atomic E-state index is 11.8. The van der Waals surface area contributed by atoms with Gasteiger partial charge in [0.15, 0.2) is 9.84 Å². The van der Waals surface area contributed by atoms with Crippen LogP contribution in [0, 0.1) is 5.41 Å². The number of carbonyl (C=O) groups excluding carboxylic acids is 1. The summed E-state index contributed by atoms with van der Waals surface area (Å²) in [6.45, 7) is 4.96. The lowest BCUT2D eigenvalue weighted by atomic mass is 9.88. The van der Waals surface area contributed by atoms with E-state index in [0.29, 0.717) is 12.8 Å². The lowest BCUT2D eigenvalue weighted by molar-refractivity contribution is -0.147. The Kier molecular flexibility index (Phi) is 4.68. The molecule has 116 valence electrons. The van der Waals surface area contributed by atoms with Gasteiger partial charge in [-0.25, -0.2) is 13.2 Å². The monoisotopic (exact) mass is 306 g/mol. The number of carbonyl (C=O) groups is 2. The zero-order valence-corrected chi connectivity index (χ0v) is 12.8. The van der Waals surface area contributed by atoms with Crippen LogP contribution in [0.5, 0.6) is 0 Å². The average molecular weight is 306 g/mol. The van der Waals surface area contributed by atoms with Crippen molar-refractivity contribution in [1.82, 2.24) is 10.6 Å². The molecular weight excluding hydrogens is 284 g/mol. The first kappa shape index (κ1) is 16.7. The number of urea groups is 1. The van der Waals surface area contributed by atoms with Crippen LogP contribution in [0.4, 0.5) is 4.79 Å². The van der Waals surface area contributed by atoms with E-state index in [1.165, 1.54) is 0 Å². The number of carboxylic acids is 1. The lowest BCUT2D eigenvalue weighted by Crippen LogP contribution is -2.53. The number of rotatable bonds is 5. The molecule has 0 radical (unpaired) electrons. The van der Waals surface area contributed by atoms with Gasteiger partial charge in [0.25, 0.3) is 0 Å². The molecule has 1 saturated heterocycles. The molecule has 20 heavy (non-hydrogen) atoms. The smallest absolute Gasteiger partial charge is 0.315 e. The van der Waals surface area contributed by atoms with E-state index in [9.17, 15) is 18.0 Å². The van der Waals surface area contributed by atoms with Crippen LogP contribution in [0.2, 0.25) is 0 Å². The van der Waals surface area contributed by atoms with Crippen molar-refractivity contribution in [3.63, 3.8) is 0 Å². The first-order valence-electron chi connectivity index (χ1n) is 6.52. The van der Waals surface area contributed by atoms with Crippen molar-refractivity contribution in [1.29, 1.82) is 0 Å². The second kappa shape index (κ2) is 5.59. The maximum Gasteiger partial charge on any atom is 0.315 e. The molecule has 2 atom stereocenters. The predicted octanol–water partition coefficient (Wildman–Crippen LogP) is 0.364. The Morgan fingerprint density at radius 2 is 2.00 bits per heavy atom. The highest BCUT2D eigenvalue weighted by atomic mass is 32.2. The molecule has 1 fully saturated rings. The van der Waals surface area contributed by atoms with Gasteiger partial charge in [-0.15, -0.1) is 0 Å². The number of carboxylic acid groups (broad SMARTS) is 1. The minimum atomic E-state index is -3.10. The van der Waals surface area contributed by atoms with Crippen LogP contribution in [0.15, 0.2) is 0 Å². The molecule has 8 heteroatoms. The standard InChI is InChI=1S/C12H22N2O5S/c1-4-11(2,9(15)16)7-13-10(17)14-12(3)5-6-20(18,19)8-12/h4-8H2,1-3H3,(H,15,16)(H2,13,14,17). The third-order valence-corrected chi connectivity index (χ3v) is 5.76. The summed E-state index contributed by atoms with van der Waals surface area (Å²) in [6, 6.07) is -0.537. The molecule has 2 amide bonds.